The highest BCUT2D eigenvalue weighted by atomic mass is 32.1. The summed E-state index contributed by atoms with van der Waals surface area (Å²) in [5, 5.41) is 9.80. The zero-order chi connectivity index (χ0) is 11.5. The molecule has 16 heavy (non-hydrogen) atoms. The predicted octanol–water partition coefficient (Wildman–Crippen LogP) is 1.89. The van der Waals surface area contributed by atoms with Crippen LogP contribution >= 0.6 is 11.3 Å². The van der Waals surface area contributed by atoms with E-state index in [0.717, 1.165) is 10.2 Å². The molecule has 1 aromatic carbocycles. The number of carbonyl (C=O) groups is 1. The van der Waals surface area contributed by atoms with Crippen molar-refractivity contribution in [3.63, 3.8) is 0 Å². The number of thiazole rings is 1. The van der Waals surface area contributed by atoms with E-state index in [1.165, 1.54) is 18.4 Å². The third-order valence-electron chi connectivity index (χ3n) is 2.33. The molecule has 0 aliphatic rings. The van der Waals surface area contributed by atoms with Gasteiger partial charge >= 0.3 is 5.97 Å². The second-order valence-electron chi connectivity index (χ2n) is 3.38. The number of hydrogen-bond acceptors (Lipinski definition) is 5. The van der Waals surface area contributed by atoms with Crippen LogP contribution in [0, 0.1) is 0 Å². The van der Waals surface area contributed by atoms with Gasteiger partial charge in [-0.3, -0.25) is 4.79 Å². The van der Waals surface area contributed by atoms with E-state index in [0.29, 0.717) is 5.56 Å². The Bertz CT molecular complexity index is 509. The lowest BCUT2D eigenvalue weighted by Crippen LogP contribution is -2.07. The summed E-state index contributed by atoms with van der Waals surface area (Å²) in [7, 11) is 1.31. The van der Waals surface area contributed by atoms with Crippen LogP contribution in [0.15, 0.2) is 23.7 Å². The van der Waals surface area contributed by atoms with Crippen LogP contribution in [-0.4, -0.2) is 23.2 Å². The lowest BCUT2D eigenvalue weighted by atomic mass is 10.1. The number of carbonyl (C=O) groups excluding carboxylic acids is 1. The van der Waals surface area contributed by atoms with Crippen LogP contribution in [0.2, 0.25) is 0 Å². The molecule has 1 heterocycles. The van der Waals surface area contributed by atoms with E-state index in [9.17, 15) is 9.90 Å². The van der Waals surface area contributed by atoms with Gasteiger partial charge in [-0.2, -0.15) is 0 Å². The van der Waals surface area contributed by atoms with Crippen molar-refractivity contribution in [1.29, 1.82) is 0 Å². The smallest absolute Gasteiger partial charge is 0.308 e. The van der Waals surface area contributed by atoms with Gasteiger partial charge < -0.3 is 9.84 Å². The number of fused-ring (bicyclic) bond motifs is 1. The zero-order valence-electron chi connectivity index (χ0n) is 8.71. The summed E-state index contributed by atoms with van der Waals surface area (Å²) in [6, 6.07) is 5.46. The van der Waals surface area contributed by atoms with Crippen molar-refractivity contribution in [3.05, 3.63) is 29.3 Å². The molecule has 1 atom stereocenters. The fraction of sp³-hybridized carbons (Fsp3) is 0.273. The minimum atomic E-state index is -0.820. The maximum absolute atomic E-state index is 11.0. The fourth-order valence-corrected chi connectivity index (χ4v) is 2.16. The molecule has 1 aromatic heterocycles. The average Bonchev–Trinajstić information content (AvgIpc) is 2.75. The normalized spacial score (nSPS) is 12.6. The van der Waals surface area contributed by atoms with Crippen molar-refractivity contribution >= 4 is 27.5 Å². The van der Waals surface area contributed by atoms with E-state index in [-0.39, 0.29) is 6.42 Å². The van der Waals surface area contributed by atoms with Crippen LogP contribution < -0.4 is 0 Å². The van der Waals surface area contributed by atoms with Crippen molar-refractivity contribution in [1.82, 2.24) is 4.98 Å². The van der Waals surface area contributed by atoms with Gasteiger partial charge in [-0.1, -0.05) is 6.07 Å². The third-order valence-corrected chi connectivity index (χ3v) is 3.12. The fourth-order valence-electron chi connectivity index (χ4n) is 1.44. The van der Waals surface area contributed by atoms with Crippen molar-refractivity contribution < 1.29 is 14.6 Å². The quantitative estimate of drug-likeness (QED) is 0.828. The van der Waals surface area contributed by atoms with Gasteiger partial charge in [0.1, 0.15) is 0 Å². The number of ether oxygens (including phenoxy) is 1. The number of hydrogen-bond donors (Lipinski definition) is 1. The maximum Gasteiger partial charge on any atom is 0.308 e. The molecular formula is C11H11NO3S. The molecule has 2 rings (SSSR count). The van der Waals surface area contributed by atoms with Gasteiger partial charge in [0, 0.05) is 0 Å². The van der Waals surface area contributed by atoms with E-state index < -0.39 is 12.1 Å². The molecule has 84 valence electrons. The van der Waals surface area contributed by atoms with Crippen LogP contribution in [0.25, 0.3) is 10.2 Å². The first-order valence-electron chi connectivity index (χ1n) is 4.78. The average molecular weight is 237 g/mol. The molecule has 4 nitrogen and oxygen atoms in total. The minimum Gasteiger partial charge on any atom is -0.469 e. The first-order chi connectivity index (χ1) is 7.70. The van der Waals surface area contributed by atoms with Crippen molar-refractivity contribution in [2.75, 3.05) is 7.11 Å². The molecule has 0 fully saturated rings. The van der Waals surface area contributed by atoms with E-state index in [1.54, 1.807) is 11.6 Å². The molecule has 5 heteroatoms. The molecule has 0 aliphatic carbocycles. The standard InChI is InChI=1S/C11H11NO3S/c1-15-11(14)5-9(13)7-2-3-8-10(4-7)16-6-12-8/h2-4,6,9,13H,5H2,1H3/t9-/m0/s1. The van der Waals surface area contributed by atoms with Gasteiger partial charge in [-0.15, -0.1) is 11.3 Å². The molecule has 0 saturated carbocycles. The lowest BCUT2D eigenvalue weighted by molar-refractivity contribution is -0.142. The Morgan fingerprint density at radius 2 is 2.44 bits per heavy atom. The molecule has 0 unspecified atom stereocenters. The monoisotopic (exact) mass is 237 g/mol. The highest BCUT2D eigenvalue weighted by molar-refractivity contribution is 7.16. The maximum atomic E-state index is 11.0. The number of aliphatic hydroxyl groups excluding tert-OH is 1. The number of nitrogens with zero attached hydrogens (tertiary/aromatic N) is 1. The van der Waals surface area contributed by atoms with Crippen molar-refractivity contribution in [2.24, 2.45) is 0 Å². The second kappa shape index (κ2) is 4.59. The Balaban J connectivity index is 2.22. The Labute approximate surface area is 96.5 Å². The van der Waals surface area contributed by atoms with Crippen molar-refractivity contribution in [3.8, 4) is 0 Å². The van der Waals surface area contributed by atoms with Crippen molar-refractivity contribution in [2.45, 2.75) is 12.5 Å². The number of rotatable bonds is 3. The minimum absolute atomic E-state index is 0.0270. The number of methoxy groups -OCH3 is 1. The molecule has 0 bridgehead atoms. The highest BCUT2D eigenvalue weighted by Crippen LogP contribution is 2.24. The van der Waals surface area contributed by atoms with Gasteiger partial charge in [0.2, 0.25) is 0 Å². The predicted molar refractivity (Wildman–Crippen MR) is 61.2 cm³/mol. The van der Waals surface area contributed by atoms with Crippen LogP contribution in [0.1, 0.15) is 18.1 Å². The van der Waals surface area contributed by atoms with Crippen LogP contribution in [-0.2, 0) is 9.53 Å². The summed E-state index contributed by atoms with van der Waals surface area (Å²) in [5.74, 6) is -0.420. The Morgan fingerprint density at radius 1 is 1.62 bits per heavy atom. The van der Waals surface area contributed by atoms with Gasteiger partial charge in [0.05, 0.1) is 35.4 Å². The Kier molecular flexibility index (Phi) is 3.17. The number of benzene rings is 1. The molecule has 0 amide bonds. The van der Waals surface area contributed by atoms with Gasteiger partial charge in [-0.25, -0.2) is 4.98 Å². The second-order valence-corrected chi connectivity index (χ2v) is 4.26. The molecule has 1 N–H and O–H groups in total. The first kappa shape index (κ1) is 11.0. The highest BCUT2D eigenvalue weighted by Gasteiger charge is 2.13. The van der Waals surface area contributed by atoms with E-state index in [2.05, 4.69) is 9.72 Å². The van der Waals surface area contributed by atoms with Gasteiger partial charge in [0.15, 0.2) is 0 Å². The summed E-state index contributed by atoms with van der Waals surface area (Å²) in [5.41, 5.74) is 3.36. The topological polar surface area (TPSA) is 59.4 Å². The van der Waals surface area contributed by atoms with Gasteiger partial charge in [-0.05, 0) is 17.7 Å². The molecule has 2 aromatic rings. The summed E-state index contributed by atoms with van der Waals surface area (Å²) in [4.78, 5) is 15.2. The zero-order valence-corrected chi connectivity index (χ0v) is 9.53. The van der Waals surface area contributed by atoms with Crippen LogP contribution in [0.4, 0.5) is 0 Å². The summed E-state index contributed by atoms with van der Waals surface area (Å²) in [6.07, 6.45) is -0.847. The molecule has 0 radical (unpaired) electrons. The first-order valence-corrected chi connectivity index (χ1v) is 5.66. The molecule has 0 aliphatic heterocycles. The summed E-state index contributed by atoms with van der Waals surface area (Å²) >= 11 is 1.51. The lowest BCUT2D eigenvalue weighted by Gasteiger charge is -2.09. The van der Waals surface area contributed by atoms with E-state index in [4.69, 9.17) is 0 Å². The molecule has 0 spiro atoms. The molecular weight excluding hydrogens is 226 g/mol. The third kappa shape index (κ3) is 2.20. The summed E-state index contributed by atoms with van der Waals surface area (Å²) in [6.45, 7) is 0. The number of aromatic nitrogens is 1. The SMILES string of the molecule is COC(=O)C[C@H](O)c1ccc2ncsc2c1. The summed E-state index contributed by atoms with van der Waals surface area (Å²) < 4.78 is 5.51. The number of aliphatic hydroxyl groups is 1. The largest absolute Gasteiger partial charge is 0.469 e. The molecule has 0 saturated heterocycles. The Hall–Kier alpha value is -1.46. The van der Waals surface area contributed by atoms with Crippen LogP contribution in [0.5, 0.6) is 0 Å². The van der Waals surface area contributed by atoms with Gasteiger partial charge in [0.25, 0.3) is 0 Å². The Morgan fingerprint density at radius 3 is 3.19 bits per heavy atom. The van der Waals surface area contributed by atoms with E-state index >= 15 is 0 Å². The van der Waals surface area contributed by atoms with E-state index in [1.807, 2.05) is 12.1 Å². The van der Waals surface area contributed by atoms with Crippen LogP contribution in [0.3, 0.4) is 0 Å². The number of esters is 1.